The molecular weight excluding hydrogens is 354 g/mol. The van der Waals surface area contributed by atoms with Gasteiger partial charge in [-0.2, -0.15) is 0 Å². The van der Waals surface area contributed by atoms with Crippen LogP contribution in [0.2, 0.25) is 0 Å². The fourth-order valence-electron chi connectivity index (χ4n) is 4.16. The van der Waals surface area contributed by atoms with E-state index in [0.29, 0.717) is 11.1 Å². The van der Waals surface area contributed by atoms with Gasteiger partial charge in [0.25, 0.3) is 0 Å². The smallest absolute Gasteiger partial charge is 0.194 e. The van der Waals surface area contributed by atoms with Gasteiger partial charge in [0.05, 0.1) is 6.04 Å². The molecule has 144 valence electrons. The van der Waals surface area contributed by atoms with Crippen molar-refractivity contribution in [3.05, 3.63) is 125 Å². The lowest BCUT2D eigenvalue weighted by atomic mass is 9.94. The van der Waals surface area contributed by atoms with E-state index in [1.165, 1.54) is 22.3 Å². The second-order valence-electron chi connectivity index (χ2n) is 7.65. The van der Waals surface area contributed by atoms with Crippen molar-refractivity contribution in [1.29, 1.82) is 0 Å². The third-order valence-corrected chi connectivity index (χ3v) is 5.37. The van der Waals surface area contributed by atoms with Gasteiger partial charge < -0.3 is 4.90 Å². The van der Waals surface area contributed by atoms with Crippen molar-refractivity contribution < 1.29 is 4.79 Å². The number of hydrogen-bond acceptors (Lipinski definition) is 2. The fourth-order valence-corrected chi connectivity index (χ4v) is 4.16. The zero-order valence-electron chi connectivity index (χ0n) is 17.1. The molecule has 0 spiro atoms. The van der Waals surface area contributed by atoms with Crippen LogP contribution in [-0.2, 0) is 0 Å². The lowest BCUT2D eigenvalue weighted by Gasteiger charge is -2.34. The molecule has 0 aliphatic carbocycles. The molecule has 2 heteroatoms. The maximum Gasteiger partial charge on any atom is 0.194 e. The van der Waals surface area contributed by atoms with Crippen LogP contribution < -0.4 is 4.90 Å². The van der Waals surface area contributed by atoms with Crippen LogP contribution in [0.15, 0.2) is 96.7 Å². The quantitative estimate of drug-likeness (QED) is 0.483. The SMILES string of the molecule is Cc1cc(C)c(N2C=C(C(=O)c3ccccc3)C=CC2c2ccccc2)c(C)c1. The monoisotopic (exact) mass is 379 g/mol. The van der Waals surface area contributed by atoms with Gasteiger partial charge >= 0.3 is 0 Å². The number of hydrogen-bond donors (Lipinski definition) is 0. The number of rotatable bonds is 4. The first-order chi connectivity index (χ1) is 14.0. The van der Waals surface area contributed by atoms with E-state index in [-0.39, 0.29) is 11.8 Å². The molecule has 3 aromatic rings. The molecule has 4 rings (SSSR count). The number of carbonyl (C=O) groups excluding carboxylic acids is 1. The van der Waals surface area contributed by atoms with Gasteiger partial charge in [-0.25, -0.2) is 0 Å². The second kappa shape index (κ2) is 7.92. The van der Waals surface area contributed by atoms with Crippen molar-refractivity contribution in [3.63, 3.8) is 0 Å². The van der Waals surface area contributed by atoms with Gasteiger partial charge in [-0.15, -0.1) is 0 Å². The molecule has 1 aliphatic heterocycles. The minimum Gasteiger partial charge on any atom is -0.336 e. The van der Waals surface area contributed by atoms with E-state index < -0.39 is 0 Å². The van der Waals surface area contributed by atoms with Crippen LogP contribution in [0.1, 0.15) is 38.7 Å². The largest absolute Gasteiger partial charge is 0.336 e. The van der Waals surface area contributed by atoms with Crippen molar-refractivity contribution in [1.82, 2.24) is 0 Å². The maximum atomic E-state index is 13.1. The van der Waals surface area contributed by atoms with Gasteiger partial charge in [0.15, 0.2) is 5.78 Å². The zero-order chi connectivity index (χ0) is 20.4. The Labute approximate surface area is 172 Å². The number of anilines is 1. The third kappa shape index (κ3) is 3.79. The first-order valence-electron chi connectivity index (χ1n) is 9.95. The average molecular weight is 380 g/mol. The van der Waals surface area contributed by atoms with Crippen LogP contribution in [-0.4, -0.2) is 5.78 Å². The summed E-state index contributed by atoms with van der Waals surface area (Å²) in [5, 5.41) is 0. The van der Waals surface area contributed by atoms with Crippen LogP contribution in [0.3, 0.4) is 0 Å². The molecular formula is C27H25NO. The molecule has 0 N–H and O–H groups in total. The standard InChI is InChI=1S/C27H25NO/c1-19-16-20(2)26(21(3)17-19)28-18-24(27(29)23-12-8-5-9-13-23)14-15-25(28)22-10-6-4-7-11-22/h4-18,25H,1-3H3. The average Bonchev–Trinajstić information content (AvgIpc) is 2.74. The van der Waals surface area contributed by atoms with Gasteiger partial charge in [-0.1, -0.05) is 90.5 Å². The molecule has 29 heavy (non-hydrogen) atoms. The Morgan fingerprint density at radius 1 is 0.828 bits per heavy atom. The third-order valence-electron chi connectivity index (χ3n) is 5.37. The molecule has 1 aliphatic rings. The number of benzene rings is 3. The molecule has 0 saturated heterocycles. The number of nitrogens with zero attached hydrogens (tertiary/aromatic N) is 1. The van der Waals surface area contributed by atoms with Crippen molar-refractivity contribution in [2.24, 2.45) is 0 Å². The van der Waals surface area contributed by atoms with E-state index in [9.17, 15) is 4.79 Å². The van der Waals surface area contributed by atoms with Crippen LogP contribution in [0, 0.1) is 20.8 Å². The van der Waals surface area contributed by atoms with Gasteiger partial charge in [0.1, 0.15) is 0 Å². The first kappa shape index (κ1) is 18.9. The van der Waals surface area contributed by atoms with Gasteiger partial charge in [0.2, 0.25) is 0 Å². The molecule has 2 nitrogen and oxygen atoms in total. The van der Waals surface area contributed by atoms with Crippen molar-refractivity contribution in [2.45, 2.75) is 26.8 Å². The van der Waals surface area contributed by atoms with Crippen LogP contribution in [0.5, 0.6) is 0 Å². The summed E-state index contributed by atoms with van der Waals surface area (Å²) in [4.78, 5) is 15.3. The summed E-state index contributed by atoms with van der Waals surface area (Å²) in [6, 6.07) is 24.3. The summed E-state index contributed by atoms with van der Waals surface area (Å²) < 4.78 is 0. The van der Waals surface area contributed by atoms with Gasteiger partial charge in [-0.05, 0) is 37.5 Å². The van der Waals surface area contributed by atoms with E-state index >= 15 is 0 Å². The van der Waals surface area contributed by atoms with E-state index in [0.717, 1.165) is 5.69 Å². The number of carbonyl (C=O) groups is 1. The topological polar surface area (TPSA) is 20.3 Å². The minimum atomic E-state index is 0.0424. The molecule has 1 heterocycles. The lowest BCUT2D eigenvalue weighted by Crippen LogP contribution is -2.27. The summed E-state index contributed by atoms with van der Waals surface area (Å²) in [5.41, 5.74) is 7.43. The highest BCUT2D eigenvalue weighted by Crippen LogP contribution is 2.37. The molecule has 0 fully saturated rings. The summed E-state index contributed by atoms with van der Waals surface area (Å²) in [6.07, 6.45) is 6.10. The number of aryl methyl sites for hydroxylation is 3. The van der Waals surface area contributed by atoms with Crippen LogP contribution in [0.25, 0.3) is 0 Å². The molecule has 0 saturated carbocycles. The van der Waals surface area contributed by atoms with E-state index in [1.807, 2.05) is 48.7 Å². The predicted octanol–water partition coefficient (Wildman–Crippen LogP) is 6.50. The van der Waals surface area contributed by atoms with Crippen molar-refractivity contribution in [2.75, 3.05) is 4.90 Å². The summed E-state index contributed by atoms with van der Waals surface area (Å²) in [5.74, 6) is 0.0424. The molecule has 0 amide bonds. The Morgan fingerprint density at radius 3 is 2.03 bits per heavy atom. The lowest BCUT2D eigenvalue weighted by molar-refractivity contribution is 0.103. The van der Waals surface area contributed by atoms with Crippen molar-refractivity contribution in [3.8, 4) is 0 Å². The zero-order valence-corrected chi connectivity index (χ0v) is 17.1. The molecule has 3 aromatic carbocycles. The van der Waals surface area contributed by atoms with Crippen molar-refractivity contribution >= 4 is 11.5 Å². The highest BCUT2D eigenvalue weighted by Gasteiger charge is 2.25. The molecule has 0 radical (unpaired) electrons. The molecule has 0 aromatic heterocycles. The molecule has 1 unspecified atom stereocenters. The Bertz CT molecular complexity index is 1070. The number of Topliss-reactive ketones (excluding diaryl/α,β-unsaturated/α-hetero) is 1. The summed E-state index contributed by atoms with van der Waals surface area (Å²) in [6.45, 7) is 6.40. The second-order valence-corrected chi connectivity index (χ2v) is 7.65. The fraction of sp³-hybridized carbons (Fsp3) is 0.148. The first-order valence-corrected chi connectivity index (χ1v) is 9.95. The summed E-state index contributed by atoms with van der Waals surface area (Å²) in [7, 11) is 0. The van der Waals surface area contributed by atoms with Crippen LogP contribution in [0.4, 0.5) is 5.69 Å². The normalized spacial score (nSPS) is 15.9. The van der Waals surface area contributed by atoms with E-state index in [1.54, 1.807) is 0 Å². The Morgan fingerprint density at radius 2 is 1.41 bits per heavy atom. The highest BCUT2D eigenvalue weighted by molar-refractivity contribution is 6.11. The molecule has 0 bridgehead atoms. The van der Waals surface area contributed by atoms with Crippen LogP contribution >= 0.6 is 0 Å². The maximum absolute atomic E-state index is 13.1. The van der Waals surface area contributed by atoms with Gasteiger partial charge in [-0.3, -0.25) is 4.79 Å². The Kier molecular flexibility index (Phi) is 5.18. The Balaban J connectivity index is 1.83. The number of ketones is 1. The van der Waals surface area contributed by atoms with Gasteiger partial charge in [0, 0.05) is 23.0 Å². The summed E-state index contributed by atoms with van der Waals surface area (Å²) >= 11 is 0. The highest BCUT2D eigenvalue weighted by atomic mass is 16.1. The molecule has 1 atom stereocenters. The predicted molar refractivity (Wildman–Crippen MR) is 120 cm³/mol. The van der Waals surface area contributed by atoms with E-state index in [2.05, 4.69) is 68.1 Å². The van der Waals surface area contributed by atoms with E-state index in [4.69, 9.17) is 0 Å². The number of allylic oxidation sites excluding steroid dienone is 2. The Hall–Kier alpha value is -3.39. The minimum absolute atomic E-state index is 0.0424.